The van der Waals surface area contributed by atoms with E-state index >= 15 is 0 Å². The van der Waals surface area contributed by atoms with Crippen molar-refractivity contribution < 1.29 is 9.53 Å². The molecule has 1 saturated heterocycles. The molecule has 2 heterocycles. The van der Waals surface area contributed by atoms with Gasteiger partial charge in [0.2, 0.25) is 0 Å². The van der Waals surface area contributed by atoms with Crippen molar-refractivity contribution >= 4 is 5.91 Å². The molecule has 0 radical (unpaired) electrons. The van der Waals surface area contributed by atoms with Crippen molar-refractivity contribution in [2.24, 2.45) is 13.0 Å². The van der Waals surface area contributed by atoms with Gasteiger partial charge in [0.15, 0.2) is 0 Å². The molecule has 2 fully saturated rings. The fourth-order valence-electron chi connectivity index (χ4n) is 2.65. The van der Waals surface area contributed by atoms with Crippen molar-refractivity contribution in [2.75, 3.05) is 19.8 Å². The van der Waals surface area contributed by atoms with E-state index in [0.717, 1.165) is 50.3 Å². The van der Waals surface area contributed by atoms with Crippen LogP contribution in [0.15, 0.2) is 6.20 Å². The van der Waals surface area contributed by atoms with E-state index < -0.39 is 0 Å². The third kappa shape index (κ3) is 2.52. The lowest BCUT2D eigenvalue weighted by molar-refractivity contribution is 0.0705. The smallest absolute Gasteiger partial charge is 0.257 e. The second kappa shape index (κ2) is 4.96. The minimum Gasteiger partial charge on any atom is -0.381 e. The van der Waals surface area contributed by atoms with Gasteiger partial charge in [0.25, 0.3) is 5.91 Å². The van der Waals surface area contributed by atoms with Crippen LogP contribution in [-0.4, -0.2) is 46.4 Å². The number of hydrogen-bond acceptors (Lipinski definition) is 3. The minimum atomic E-state index is 0.139. The first-order valence-electron chi connectivity index (χ1n) is 7.04. The van der Waals surface area contributed by atoms with Crippen LogP contribution in [0.25, 0.3) is 0 Å². The van der Waals surface area contributed by atoms with Gasteiger partial charge in [-0.25, -0.2) is 0 Å². The van der Waals surface area contributed by atoms with Crippen molar-refractivity contribution in [3.8, 4) is 0 Å². The second-order valence-electron chi connectivity index (χ2n) is 5.69. The SMILES string of the molecule is Cc1c(C(=O)N(C[C@@H]2CCOC2)C2CC2)cnn1C. The first-order chi connectivity index (χ1) is 9.16. The Bertz CT molecular complexity index is 473. The number of carbonyl (C=O) groups excluding carboxylic acids is 1. The van der Waals surface area contributed by atoms with Crippen LogP contribution in [0.4, 0.5) is 0 Å². The van der Waals surface area contributed by atoms with E-state index in [-0.39, 0.29) is 5.91 Å². The molecule has 0 N–H and O–H groups in total. The third-order valence-electron chi connectivity index (χ3n) is 4.19. The van der Waals surface area contributed by atoms with Gasteiger partial charge in [-0.3, -0.25) is 9.48 Å². The van der Waals surface area contributed by atoms with Gasteiger partial charge in [-0.15, -0.1) is 0 Å². The highest BCUT2D eigenvalue weighted by Gasteiger charge is 2.36. The fraction of sp³-hybridized carbons (Fsp3) is 0.714. The molecule has 1 atom stereocenters. The summed E-state index contributed by atoms with van der Waals surface area (Å²) in [5, 5.41) is 4.18. The minimum absolute atomic E-state index is 0.139. The second-order valence-corrected chi connectivity index (χ2v) is 5.69. The van der Waals surface area contributed by atoms with E-state index in [1.807, 2.05) is 18.9 Å². The van der Waals surface area contributed by atoms with E-state index in [1.165, 1.54) is 0 Å². The van der Waals surface area contributed by atoms with Crippen LogP contribution in [0.3, 0.4) is 0 Å². The summed E-state index contributed by atoms with van der Waals surface area (Å²) in [6.45, 7) is 4.41. The van der Waals surface area contributed by atoms with Crippen molar-refractivity contribution in [1.82, 2.24) is 14.7 Å². The molecule has 19 heavy (non-hydrogen) atoms. The zero-order valence-corrected chi connectivity index (χ0v) is 11.6. The molecule has 3 rings (SSSR count). The largest absolute Gasteiger partial charge is 0.381 e. The number of carbonyl (C=O) groups is 1. The van der Waals surface area contributed by atoms with Gasteiger partial charge in [-0.2, -0.15) is 5.10 Å². The molecule has 0 bridgehead atoms. The predicted molar refractivity (Wildman–Crippen MR) is 70.9 cm³/mol. The molecular formula is C14H21N3O2. The first-order valence-corrected chi connectivity index (χ1v) is 7.04. The summed E-state index contributed by atoms with van der Waals surface area (Å²) in [6, 6.07) is 0.438. The quantitative estimate of drug-likeness (QED) is 0.824. The summed E-state index contributed by atoms with van der Waals surface area (Å²) in [5.41, 5.74) is 1.69. The highest BCUT2D eigenvalue weighted by Crippen LogP contribution is 2.30. The number of rotatable bonds is 4. The maximum atomic E-state index is 12.7. The molecule has 1 amide bonds. The summed E-state index contributed by atoms with van der Waals surface area (Å²) in [4.78, 5) is 14.7. The lowest BCUT2D eigenvalue weighted by atomic mass is 10.1. The number of aryl methyl sites for hydroxylation is 1. The Morgan fingerprint density at radius 3 is 2.84 bits per heavy atom. The highest BCUT2D eigenvalue weighted by molar-refractivity contribution is 5.95. The average molecular weight is 263 g/mol. The average Bonchev–Trinajstić information content (AvgIpc) is 3.01. The molecule has 1 aromatic rings. The molecule has 5 heteroatoms. The van der Waals surface area contributed by atoms with E-state index in [1.54, 1.807) is 10.9 Å². The third-order valence-corrected chi connectivity index (χ3v) is 4.19. The lowest BCUT2D eigenvalue weighted by Gasteiger charge is -2.25. The van der Waals surface area contributed by atoms with Gasteiger partial charge in [0.1, 0.15) is 0 Å². The van der Waals surface area contributed by atoms with Crippen LogP contribution >= 0.6 is 0 Å². The van der Waals surface area contributed by atoms with Gasteiger partial charge >= 0.3 is 0 Å². The number of hydrogen-bond donors (Lipinski definition) is 0. The zero-order valence-electron chi connectivity index (χ0n) is 11.6. The summed E-state index contributed by atoms with van der Waals surface area (Å²) in [5.74, 6) is 0.640. The molecule has 1 saturated carbocycles. The van der Waals surface area contributed by atoms with E-state index in [4.69, 9.17) is 4.74 Å². The van der Waals surface area contributed by atoms with Gasteiger partial charge in [-0.1, -0.05) is 0 Å². The standard InChI is InChI=1S/C14H21N3O2/c1-10-13(7-15-16(10)2)14(18)17(12-3-4-12)8-11-5-6-19-9-11/h7,11-12H,3-6,8-9H2,1-2H3/t11-/m0/s1. The van der Waals surface area contributed by atoms with E-state index in [2.05, 4.69) is 5.10 Å². The van der Waals surface area contributed by atoms with Crippen molar-refractivity contribution in [3.63, 3.8) is 0 Å². The van der Waals surface area contributed by atoms with E-state index in [0.29, 0.717) is 12.0 Å². The van der Waals surface area contributed by atoms with Crippen LogP contribution in [0.5, 0.6) is 0 Å². The normalized spacial score (nSPS) is 22.7. The Hall–Kier alpha value is -1.36. The van der Waals surface area contributed by atoms with Gasteiger partial charge < -0.3 is 9.64 Å². The Morgan fingerprint density at radius 1 is 1.53 bits per heavy atom. The molecule has 1 aliphatic carbocycles. The van der Waals surface area contributed by atoms with Gasteiger partial charge in [0, 0.05) is 37.9 Å². The van der Waals surface area contributed by atoms with Gasteiger partial charge in [0.05, 0.1) is 18.4 Å². The molecule has 0 spiro atoms. The van der Waals surface area contributed by atoms with Crippen LogP contribution in [-0.2, 0) is 11.8 Å². The Morgan fingerprint density at radius 2 is 2.32 bits per heavy atom. The van der Waals surface area contributed by atoms with Crippen molar-refractivity contribution in [2.45, 2.75) is 32.2 Å². The molecule has 104 valence electrons. The van der Waals surface area contributed by atoms with Crippen LogP contribution in [0.1, 0.15) is 35.3 Å². The maximum absolute atomic E-state index is 12.7. The summed E-state index contributed by atoms with van der Waals surface area (Å²) in [7, 11) is 1.87. The molecule has 0 aromatic carbocycles. The topological polar surface area (TPSA) is 47.4 Å². The number of aromatic nitrogens is 2. The summed E-state index contributed by atoms with van der Waals surface area (Å²) < 4.78 is 7.18. The summed E-state index contributed by atoms with van der Waals surface area (Å²) in [6.07, 6.45) is 5.04. The van der Waals surface area contributed by atoms with Crippen molar-refractivity contribution in [1.29, 1.82) is 0 Å². The molecule has 2 aliphatic rings. The van der Waals surface area contributed by atoms with Gasteiger partial charge in [-0.05, 0) is 26.2 Å². The number of nitrogens with zero attached hydrogens (tertiary/aromatic N) is 3. The molecule has 0 unspecified atom stereocenters. The molecule has 5 nitrogen and oxygen atoms in total. The lowest BCUT2D eigenvalue weighted by Crippen LogP contribution is -2.37. The monoisotopic (exact) mass is 263 g/mol. The Balaban J connectivity index is 1.75. The number of amides is 1. The Kier molecular flexibility index (Phi) is 3.31. The van der Waals surface area contributed by atoms with Crippen LogP contribution in [0.2, 0.25) is 0 Å². The van der Waals surface area contributed by atoms with E-state index in [9.17, 15) is 4.79 Å². The summed E-state index contributed by atoms with van der Waals surface area (Å²) >= 11 is 0. The maximum Gasteiger partial charge on any atom is 0.257 e. The molecule has 1 aromatic heterocycles. The predicted octanol–water partition coefficient (Wildman–Crippen LogP) is 1.37. The molecule has 1 aliphatic heterocycles. The van der Waals surface area contributed by atoms with Crippen LogP contribution < -0.4 is 0 Å². The van der Waals surface area contributed by atoms with Crippen LogP contribution in [0, 0.1) is 12.8 Å². The Labute approximate surface area is 113 Å². The first kappa shape index (κ1) is 12.7. The van der Waals surface area contributed by atoms with Crippen molar-refractivity contribution in [3.05, 3.63) is 17.5 Å². The highest BCUT2D eigenvalue weighted by atomic mass is 16.5. The fourth-order valence-corrected chi connectivity index (χ4v) is 2.65. The number of ether oxygens (including phenoxy) is 1. The molecular weight excluding hydrogens is 242 g/mol. The zero-order chi connectivity index (χ0) is 13.4.